The Balaban J connectivity index is 1.89. The maximum absolute atomic E-state index is 5.00. The van der Waals surface area contributed by atoms with Crippen LogP contribution in [0.3, 0.4) is 0 Å². The topological polar surface area (TPSA) is 21.6 Å². The van der Waals surface area contributed by atoms with Crippen molar-refractivity contribution in [1.29, 1.82) is 0 Å². The van der Waals surface area contributed by atoms with Gasteiger partial charge in [0.05, 0.1) is 0 Å². The molecule has 1 aliphatic rings. The average molecular weight is 137 g/mol. The van der Waals surface area contributed by atoms with E-state index in [-0.39, 0.29) is 0 Å². The molecule has 10 heavy (non-hydrogen) atoms. The Hall–Kier alpha value is -0.970. The Morgan fingerprint density at radius 2 is 2.50 bits per heavy atom. The second-order valence-corrected chi connectivity index (χ2v) is 2.38. The van der Waals surface area contributed by atoms with Crippen molar-refractivity contribution >= 4 is 6.21 Å². The van der Waals surface area contributed by atoms with Crippen LogP contribution < -0.4 is 0 Å². The zero-order valence-electron chi connectivity index (χ0n) is 5.92. The summed E-state index contributed by atoms with van der Waals surface area (Å²) in [5.74, 6) is 3.16. The average Bonchev–Trinajstić information content (AvgIpc) is 2.71. The summed E-state index contributed by atoms with van der Waals surface area (Å²) >= 11 is 0. The van der Waals surface area contributed by atoms with E-state index in [0.717, 1.165) is 0 Å². The van der Waals surface area contributed by atoms with E-state index in [2.05, 4.69) is 11.1 Å². The van der Waals surface area contributed by atoms with Crippen LogP contribution in [0.2, 0.25) is 0 Å². The lowest BCUT2D eigenvalue weighted by atomic mass is 10.5. The van der Waals surface area contributed by atoms with Gasteiger partial charge in [-0.3, -0.25) is 0 Å². The maximum atomic E-state index is 5.00. The van der Waals surface area contributed by atoms with E-state index in [1.165, 1.54) is 12.8 Å². The number of terminal acetylenes is 1. The Morgan fingerprint density at radius 1 is 1.70 bits per heavy atom. The van der Waals surface area contributed by atoms with E-state index in [9.17, 15) is 0 Å². The molecule has 0 aromatic rings. The monoisotopic (exact) mass is 137 g/mol. The van der Waals surface area contributed by atoms with Crippen LogP contribution in [0.1, 0.15) is 19.3 Å². The first-order chi connectivity index (χ1) is 4.93. The number of nitrogens with zero attached hydrogens (tertiary/aromatic N) is 1. The van der Waals surface area contributed by atoms with Crippen molar-refractivity contribution in [2.75, 3.05) is 6.61 Å². The summed E-state index contributed by atoms with van der Waals surface area (Å²) < 4.78 is 0. The van der Waals surface area contributed by atoms with Gasteiger partial charge < -0.3 is 4.84 Å². The van der Waals surface area contributed by atoms with Crippen molar-refractivity contribution in [1.82, 2.24) is 0 Å². The van der Waals surface area contributed by atoms with E-state index in [4.69, 9.17) is 11.3 Å². The van der Waals surface area contributed by atoms with Crippen molar-refractivity contribution in [3.05, 3.63) is 0 Å². The molecule has 0 aromatic carbocycles. The molecule has 0 saturated heterocycles. The molecule has 2 nitrogen and oxygen atoms in total. The highest BCUT2D eigenvalue weighted by atomic mass is 16.6. The summed E-state index contributed by atoms with van der Waals surface area (Å²) in [6.07, 6.45) is 10.0. The molecule has 0 N–H and O–H groups in total. The Kier molecular flexibility index (Phi) is 2.82. The van der Waals surface area contributed by atoms with E-state index < -0.39 is 0 Å². The molecule has 0 aromatic heterocycles. The summed E-state index contributed by atoms with van der Waals surface area (Å²) in [6, 6.07) is 0. The van der Waals surface area contributed by atoms with Crippen molar-refractivity contribution in [3.8, 4) is 12.3 Å². The minimum atomic E-state index is 0.541. The van der Waals surface area contributed by atoms with Crippen LogP contribution >= 0.6 is 0 Å². The molecular formula is C8H11NO. The lowest BCUT2D eigenvalue weighted by Gasteiger charge is -1.91. The van der Waals surface area contributed by atoms with Crippen LogP contribution in [0.25, 0.3) is 0 Å². The van der Waals surface area contributed by atoms with Gasteiger partial charge in [0, 0.05) is 12.6 Å². The molecule has 0 amide bonds. The highest BCUT2D eigenvalue weighted by Crippen LogP contribution is 2.26. The smallest absolute Gasteiger partial charge is 0.128 e. The van der Waals surface area contributed by atoms with Gasteiger partial charge in [-0.05, 0) is 18.8 Å². The van der Waals surface area contributed by atoms with Crippen molar-refractivity contribution in [2.45, 2.75) is 19.3 Å². The zero-order valence-corrected chi connectivity index (χ0v) is 5.92. The minimum absolute atomic E-state index is 0.541. The van der Waals surface area contributed by atoms with Gasteiger partial charge in [-0.15, -0.1) is 12.3 Å². The summed E-state index contributed by atoms with van der Waals surface area (Å²) in [5.41, 5.74) is 0. The summed E-state index contributed by atoms with van der Waals surface area (Å²) in [4.78, 5) is 4.85. The molecule has 0 heterocycles. The van der Waals surface area contributed by atoms with E-state index in [1.54, 1.807) is 0 Å². The standard InChI is InChI=1S/C8H11NO/c1-2-3-6-10-9-7-8-4-5-8/h1,7-8H,3-6H2. The van der Waals surface area contributed by atoms with Crippen molar-refractivity contribution < 1.29 is 4.84 Å². The second-order valence-electron chi connectivity index (χ2n) is 2.38. The van der Waals surface area contributed by atoms with Gasteiger partial charge in [0.1, 0.15) is 6.61 Å². The predicted molar refractivity (Wildman–Crippen MR) is 40.6 cm³/mol. The normalized spacial score (nSPS) is 17.1. The molecule has 54 valence electrons. The lowest BCUT2D eigenvalue weighted by molar-refractivity contribution is 0.151. The third-order valence-corrected chi connectivity index (χ3v) is 1.31. The Bertz CT molecular complexity index is 153. The molecule has 0 radical (unpaired) electrons. The molecule has 1 rings (SSSR count). The van der Waals surface area contributed by atoms with Gasteiger partial charge in [0.25, 0.3) is 0 Å². The van der Waals surface area contributed by atoms with Gasteiger partial charge in [-0.2, -0.15) is 0 Å². The molecule has 0 unspecified atom stereocenters. The molecular weight excluding hydrogens is 126 g/mol. The van der Waals surface area contributed by atoms with Crippen molar-refractivity contribution in [2.24, 2.45) is 11.1 Å². The van der Waals surface area contributed by atoms with E-state index >= 15 is 0 Å². The van der Waals surface area contributed by atoms with Gasteiger partial charge in [0.2, 0.25) is 0 Å². The second kappa shape index (κ2) is 3.94. The summed E-state index contributed by atoms with van der Waals surface area (Å²) in [7, 11) is 0. The van der Waals surface area contributed by atoms with Crippen LogP contribution in [0.15, 0.2) is 5.16 Å². The Labute approximate surface area is 61.3 Å². The van der Waals surface area contributed by atoms with Crippen LogP contribution in [0.5, 0.6) is 0 Å². The molecule has 0 aliphatic heterocycles. The first-order valence-electron chi connectivity index (χ1n) is 3.52. The van der Waals surface area contributed by atoms with Crippen LogP contribution in [-0.2, 0) is 4.84 Å². The molecule has 0 bridgehead atoms. The molecule has 1 fully saturated rings. The number of rotatable bonds is 4. The Morgan fingerprint density at radius 3 is 3.10 bits per heavy atom. The molecule has 1 aliphatic carbocycles. The lowest BCUT2D eigenvalue weighted by Crippen LogP contribution is -1.86. The largest absolute Gasteiger partial charge is 0.395 e. The van der Waals surface area contributed by atoms with E-state index in [0.29, 0.717) is 18.9 Å². The quantitative estimate of drug-likeness (QED) is 0.248. The van der Waals surface area contributed by atoms with Gasteiger partial charge in [-0.1, -0.05) is 5.16 Å². The fourth-order valence-electron chi connectivity index (χ4n) is 0.532. The van der Waals surface area contributed by atoms with Crippen LogP contribution in [-0.4, -0.2) is 12.8 Å². The van der Waals surface area contributed by atoms with Gasteiger partial charge in [0.15, 0.2) is 0 Å². The van der Waals surface area contributed by atoms with Crippen LogP contribution in [0, 0.1) is 18.3 Å². The molecule has 0 atom stereocenters. The highest BCUT2D eigenvalue weighted by Gasteiger charge is 2.18. The van der Waals surface area contributed by atoms with Gasteiger partial charge in [-0.25, -0.2) is 0 Å². The number of hydrogen-bond acceptors (Lipinski definition) is 2. The zero-order chi connectivity index (χ0) is 7.23. The number of hydrogen-bond donors (Lipinski definition) is 0. The predicted octanol–water partition coefficient (Wildman–Crippen LogP) is 1.42. The van der Waals surface area contributed by atoms with Crippen LogP contribution in [0.4, 0.5) is 0 Å². The SMILES string of the molecule is C#CCCON=CC1CC1. The number of oxime groups is 1. The molecule has 0 spiro atoms. The fraction of sp³-hybridized carbons (Fsp3) is 0.625. The fourth-order valence-corrected chi connectivity index (χ4v) is 0.532. The summed E-state index contributed by atoms with van der Waals surface area (Å²) in [5, 5.41) is 3.75. The van der Waals surface area contributed by atoms with Crippen molar-refractivity contribution in [3.63, 3.8) is 0 Å². The maximum Gasteiger partial charge on any atom is 0.128 e. The molecule has 1 saturated carbocycles. The first-order valence-corrected chi connectivity index (χ1v) is 3.52. The third-order valence-electron chi connectivity index (χ3n) is 1.31. The molecule has 2 heteroatoms. The minimum Gasteiger partial charge on any atom is -0.395 e. The first kappa shape index (κ1) is 7.14. The van der Waals surface area contributed by atoms with E-state index in [1.807, 2.05) is 6.21 Å². The highest BCUT2D eigenvalue weighted by molar-refractivity contribution is 5.62. The third kappa shape index (κ3) is 3.13. The van der Waals surface area contributed by atoms with Gasteiger partial charge >= 0.3 is 0 Å². The summed E-state index contributed by atoms with van der Waals surface area (Å²) in [6.45, 7) is 0.541.